The van der Waals surface area contributed by atoms with Gasteiger partial charge in [-0.05, 0) is 12.5 Å². The molecule has 21 heavy (non-hydrogen) atoms. The van der Waals surface area contributed by atoms with Gasteiger partial charge < -0.3 is 24.3 Å². The molecule has 1 aromatic rings. The molecule has 0 radical (unpaired) electrons. The van der Waals surface area contributed by atoms with E-state index in [1.165, 1.54) is 0 Å². The van der Waals surface area contributed by atoms with Crippen molar-refractivity contribution in [2.75, 3.05) is 53.8 Å². The molecular formula is C16H27NO4. The van der Waals surface area contributed by atoms with Gasteiger partial charge in [-0.15, -0.1) is 0 Å². The van der Waals surface area contributed by atoms with Crippen LogP contribution in [0.4, 0.5) is 0 Å². The lowest BCUT2D eigenvalue weighted by Crippen LogP contribution is -2.19. The number of methoxy groups -OCH3 is 2. The lowest BCUT2D eigenvalue weighted by molar-refractivity contribution is 0.0804. The molecule has 5 nitrogen and oxygen atoms in total. The van der Waals surface area contributed by atoms with Gasteiger partial charge in [0.2, 0.25) is 0 Å². The minimum atomic E-state index is 0.558. The quantitative estimate of drug-likeness (QED) is 0.563. The maximum absolute atomic E-state index is 5.77. The minimum absolute atomic E-state index is 0.558. The molecule has 0 heterocycles. The maximum Gasteiger partial charge on any atom is 0.123 e. The molecule has 0 fully saturated rings. The van der Waals surface area contributed by atoms with Crippen LogP contribution >= 0.6 is 0 Å². The van der Waals surface area contributed by atoms with Crippen molar-refractivity contribution >= 4 is 0 Å². The molecular weight excluding hydrogens is 270 g/mol. The van der Waals surface area contributed by atoms with Gasteiger partial charge in [-0.25, -0.2) is 0 Å². The van der Waals surface area contributed by atoms with E-state index in [1.807, 2.05) is 18.2 Å². The Morgan fingerprint density at radius 2 is 1.71 bits per heavy atom. The summed E-state index contributed by atoms with van der Waals surface area (Å²) in [6, 6.07) is 8.04. The van der Waals surface area contributed by atoms with Crippen molar-refractivity contribution in [1.82, 2.24) is 5.32 Å². The van der Waals surface area contributed by atoms with E-state index in [2.05, 4.69) is 11.4 Å². The van der Waals surface area contributed by atoms with Crippen LogP contribution in [0.2, 0.25) is 0 Å². The van der Waals surface area contributed by atoms with Gasteiger partial charge >= 0.3 is 0 Å². The third-order valence-corrected chi connectivity index (χ3v) is 2.89. The van der Waals surface area contributed by atoms with Crippen molar-refractivity contribution in [1.29, 1.82) is 0 Å². The smallest absolute Gasteiger partial charge is 0.123 e. The van der Waals surface area contributed by atoms with Crippen molar-refractivity contribution in [2.45, 2.75) is 13.0 Å². The Kier molecular flexibility index (Phi) is 10.7. The average Bonchev–Trinajstić information content (AvgIpc) is 2.52. The lowest BCUT2D eigenvalue weighted by atomic mass is 10.2. The van der Waals surface area contributed by atoms with Crippen LogP contribution in [0.15, 0.2) is 24.3 Å². The summed E-state index contributed by atoms with van der Waals surface area (Å²) in [5, 5.41) is 3.32. The highest BCUT2D eigenvalue weighted by atomic mass is 16.5. The number of hydrogen-bond acceptors (Lipinski definition) is 5. The van der Waals surface area contributed by atoms with Crippen LogP contribution in [-0.2, 0) is 20.8 Å². The van der Waals surface area contributed by atoms with Gasteiger partial charge in [0.05, 0.1) is 13.2 Å². The lowest BCUT2D eigenvalue weighted by Gasteiger charge is -2.12. The monoisotopic (exact) mass is 297 g/mol. The summed E-state index contributed by atoms with van der Waals surface area (Å²) in [4.78, 5) is 0. The van der Waals surface area contributed by atoms with Crippen molar-refractivity contribution < 1.29 is 18.9 Å². The SMILES string of the molecule is COCCCOCCOc1ccccc1CNCCOC. The van der Waals surface area contributed by atoms with Gasteiger partial charge in [-0.2, -0.15) is 0 Å². The number of para-hydroxylation sites is 1. The second-order valence-electron chi connectivity index (χ2n) is 4.58. The maximum atomic E-state index is 5.77. The van der Waals surface area contributed by atoms with Gasteiger partial charge in [0.15, 0.2) is 0 Å². The molecule has 0 bridgehead atoms. The molecule has 120 valence electrons. The largest absolute Gasteiger partial charge is 0.491 e. The summed E-state index contributed by atoms with van der Waals surface area (Å²) in [6.07, 6.45) is 0.913. The predicted molar refractivity (Wildman–Crippen MR) is 82.8 cm³/mol. The zero-order chi connectivity index (χ0) is 15.2. The first kappa shape index (κ1) is 17.9. The first-order valence-electron chi connectivity index (χ1n) is 7.35. The van der Waals surface area contributed by atoms with E-state index in [9.17, 15) is 0 Å². The summed E-state index contributed by atoms with van der Waals surface area (Å²) in [5.41, 5.74) is 1.15. The summed E-state index contributed by atoms with van der Waals surface area (Å²) < 4.78 is 21.2. The Bertz CT molecular complexity index is 360. The molecule has 0 unspecified atom stereocenters. The van der Waals surface area contributed by atoms with Crippen molar-refractivity contribution in [2.24, 2.45) is 0 Å². The summed E-state index contributed by atoms with van der Waals surface area (Å²) in [6.45, 7) is 4.89. The van der Waals surface area contributed by atoms with Crippen LogP contribution < -0.4 is 10.1 Å². The number of rotatable bonds is 13. The third-order valence-electron chi connectivity index (χ3n) is 2.89. The topological polar surface area (TPSA) is 49.0 Å². The van der Waals surface area contributed by atoms with Gasteiger partial charge in [0.1, 0.15) is 12.4 Å². The van der Waals surface area contributed by atoms with Crippen LogP contribution in [0, 0.1) is 0 Å². The molecule has 1 N–H and O–H groups in total. The van der Waals surface area contributed by atoms with E-state index in [4.69, 9.17) is 18.9 Å². The second kappa shape index (κ2) is 12.6. The highest BCUT2D eigenvalue weighted by molar-refractivity contribution is 5.33. The Balaban J connectivity index is 2.21. The number of ether oxygens (including phenoxy) is 4. The Morgan fingerprint density at radius 3 is 2.52 bits per heavy atom. The van der Waals surface area contributed by atoms with E-state index in [1.54, 1.807) is 14.2 Å². The highest BCUT2D eigenvalue weighted by Gasteiger charge is 2.02. The average molecular weight is 297 g/mol. The zero-order valence-electron chi connectivity index (χ0n) is 13.1. The van der Waals surface area contributed by atoms with E-state index in [0.717, 1.165) is 37.4 Å². The Hall–Kier alpha value is -1.14. The molecule has 1 aromatic carbocycles. The molecule has 0 saturated heterocycles. The standard InChI is InChI=1S/C16H27NO4/c1-18-9-5-10-20-12-13-21-16-7-4-3-6-15(16)14-17-8-11-19-2/h3-4,6-7,17H,5,8-14H2,1-2H3. The predicted octanol–water partition coefficient (Wildman–Crippen LogP) is 1.85. The zero-order valence-corrected chi connectivity index (χ0v) is 13.1. The molecule has 0 aliphatic heterocycles. The number of benzene rings is 1. The normalized spacial score (nSPS) is 10.8. The molecule has 0 aromatic heterocycles. The van der Waals surface area contributed by atoms with Crippen molar-refractivity contribution in [3.05, 3.63) is 29.8 Å². The first-order valence-corrected chi connectivity index (χ1v) is 7.35. The van der Waals surface area contributed by atoms with Crippen LogP contribution in [0.3, 0.4) is 0 Å². The fourth-order valence-corrected chi connectivity index (χ4v) is 1.81. The van der Waals surface area contributed by atoms with E-state index in [-0.39, 0.29) is 0 Å². The Morgan fingerprint density at radius 1 is 0.905 bits per heavy atom. The fourth-order valence-electron chi connectivity index (χ4n) is 1.81. The molecule has 1 rings (SSSR count). The molecule has 5 heteroatoms. The molecule has 0 aliphatic carbocycles. The third kappa shape index (κ3) is 8.67. The second-order valence-corrected chi connectivity index (χ2v) is 4.58. The molecule has 0 aliphatic rings. The minimum Gasteiger partial charge on any atom is -0.491 e. The first-order chi connectivity index (χ1) is 10.4. The van der Waals surface area contributed by atoms with Crippen LogP contribution in [0.1, 0.15) is 12.0 Å². The van der Waals surface area contributed by atoms with Gasteiger partial charge in [-0.1, -0.05) is 18.2 Å². The van der Waals surface area contributed by atoms with Crippen LogP contribution in [0.5, 0.6) is 5.75 Å². The molecule has 0 spiro atoms. The van der Waals surface area contributed by atoms with Crippen LogP contribution in [-0.4, -0.2) is 53.8 Å². The number of hydrogen-bond donors (Lipinski definition) is 1. The Labute approximate surface area is 127 Å². The summed E-state index contributed by atoms with van der Waals surface area (Å²) in [7, 11) is 3.39. The van der Waals surface area contributed by atoms with Gasteiger partial charge in [0.25, 0.3) is 0 Å². The number of nitrogens with one attached hydrogen (secondary N) is 1. The van der Waals surface area contributed by atoms with Gasteiger partial charge in [0, 0.05) is 46.1 Å². The van der Waals surface area contributed by atoms with Crippen LogP contribution in [0.25, 0.3) is 0 Å². The van der Waals surface area contributed by atoms with Crippen molar-refractivity contribution in [3.63, 3.8) is 0 Å². The summed E-state index contributed by atoms with van der Waals surface area (Å²) >= 11 is 0. The molecule has 0 saturated carbocycles. The van der Waals surface area contributed by atoms with E-state index >= 15 is 0 Å². The summed E-state index contributed by atoms with van der Waals surface area (Å²) in [5.74, 6) is 0.905. The van der Waals surface area contributed by atoms with Gasteiger partial charge in [-0.3, -0.25) is 0 Å². The molecule has 0 amide bonds. The highest BCUT2D eigenvalue weighted by Crippen LogP contribution is 2.17. The fraction of sp³-hybridized carbons (Fsp3) is 0.625. The van der Waals surface area contributed by atoms with Crippen molar-refractivity contribution in [3.8, 4) is 5.75 Å². The van der Waals surface area contributed by atoms with E-state index in [0.29, 0.717) is 26.4 Å². The van der Waals surface area contributed by atoms with E-state index < -0.39 is 0 Å². The molecule has 0 atom stereocenters.